The third kappa shape index (κ3) is 3.44. The van der Waals surface area contributed by atoms with Crippen LogP contribution in [0.3, 0.4) is 0 Å². The summed E-state index contributed by atoms with van der Waals surface area (Å²) in [6, 6.07) is 5.98. The Kier molecular flexibility index (Phi) is 5.13. The molecule has 0 radical (unpaired) electrons. The van der Waals surface area contributed by atoms with Crippen molar-refractivity contribution in [2.75, 3.05) is 11.8 Å². The highest BCUT2D eigenvalue weighted by molar-refractivity contribution is 14.1. The maximum Gasteiger partial charge on any atom is 0.265 e. The molecule has 0 aliphatic rings. The lowest BCUT2D eigenvalue weighted by molar-refractivity contribution is 0.403. The van der Waals surface area contributed by atoms with Crippen LogP contribution in [0.1, 0.15) is 0 Å². The smallest absolute Gasteiger partial charge is 0.265 e. The first-order valence-electron chi connectivity index (χ1n) is 5.76. The van der Waals surface area contributed by atoms with E-state index < -0.39 is 21.7 Å². The Balaban J connectivity index is 2.49. The molecule has 2 rings (SSSR count). The van der Waals surface area contributed by atoms with Crippen molar-refractivity contribution in [1.29, 1.82) is 0 Å². The molecule has 0 heterocycles. The van der Waals surface area contributed by atoms with Gasteiger partial charge in [-0.2, -0.15) is 0 Å². The molecule has 0 unspecified atom stereocenters. The van der Waals surface area contributed by atoms with Crippen LogP contribution < -0.4 is 9.46 Å². The van der Waals surface area contributed by atoms with Crippen LogP contribution in [-0.2, 0) is 10.0 Å². The van der Waals surface area contributed by atoms with Crippen molar-refractivity contribution in [3.63, 3.8) is 0 Å². The zero-order valence-corrected chi connectivity index (χ0v) is 14.8. The number of rotatable bonds is 4. The van der Waals surface area contributed by atoms with E-state index in [1.807, 2.05) is 0 Å². The molecule has 0 spiro atoms. The fourth-order valence-corrected chi connectivity index (χ4v) is 3.63. The van der Waals surface area contributed by atoms with E-state index in [0.29, 0.717) is 0 Å². The summed E-state index contributed by atoms with van der Waals surface area (Å²) in [5.41, 5.74) is -0.368. The largest absolute Gasteiger partial charge is 0.495 e. The quantitative estimate of drug-likeness (QED) is 0.555. The van der Waals surface area contributed by atoms with Gasteiger partial charge >= 0.3 is 0 Å². The molecule has 1 N–H and O–H groups in total. The van der Waals surface area contributed by atoms with E-state index >= 15 is 0 Å². The Morgan fingerprint density at radius 1 is 1.23 bits per heavy atom. The molecule has 2 aromatic carbocycles. The number of sulfonamides is 1. The summed E-state index contributed by atoms with van der Waals surface area (Å²) in [6.07, 6.45) is 0. The van der Waals surface area contributed by atoms with Crippen molar-refractivity contribution in [2.45, 2.75) is 4.90 Å². The number of anilines is 1. The Morgan fingerprint density at radius 2 is 1.91 bits per heavy atom. The minimum absolute atomic E-state index is 0.0501. The lowest BCUT2D eigenvalue weighted by Gasteiger charge is -2.13. The van der Waals surface area contributed by atoms with E-state index in [1.165, 1.54) is 47.9 Å². The lowest BCUT2D eigenvalue weighted by Crippen LogP contribution is -2.15. The van der Waals surface area contributed by atoms with Crippen LogP contribution in [0.2, 0.25) is 5.02 Å². The van der Waals surface area contributed by atoms with Crippen LogP contribution in [0.5, 0.6) is 5.75 Å². The van der Waals surface area contributed by atoms with E-state index in [4.69, 9.17) is 16.3 Å². The number of halogens is 4. The molecule has 0 saturated carbocycles. The zero-order chi connectivity index (χ0) is 16.5. The van der Waals surface area contributed by atoms with Gasteiger partial charge in [0.2, 0.25) is 0 Å². The maximum absolute atomic E-state index is 13.9. The Morgan fingerprint density at radius 3 is 2.55 bits per heavy atom. The Labute approximate surface area is 144 Å². The van der Waals surface area contributed by atoms with Crippen molar-refractivity contribution < 1.29 is 21.9 Å². The zero-order valence-electron chi connectivity index (χ0n) is 11.0. The highest BCUT2D eigenvalue weighted by Gasteiger charge is 2.22. The Bertz CT molecular complexity index is 830. The average molecular weight is 460 g/mol. The molecule has 0 atom stereocenters. The van der Waals surface area contributed by atoms with Crippen molar-refractivity contribution in [3.05, 3.63) is 50.6 Å². The molecule has 0 fully saturated rings. The maximum atomic E-state index is 13.9. The number of hydrogen-bond donors (Lipinski definition) is 1. The summed E-state index contributed by atoms with van der Waals surface area (Å²) in [4.78, 5) is -0.249. The first-order chi connectivity index (χ1) is 10.3. The highest BCUT2D eigenvalue weighted by Crippen LogP contribution is 2.30. The topological polar surface area (TPSA) is 55.4 Å². The van der Waals surface area contributed by atoms with Gasteiger partial charge < -0.3 is 4.74 Å². The predicted octanol–water partition coefficient (Wildman–Crippen LogP) is 4.03. The fourth-order valence-electron chi connectivity index (χ4n) is 1.67. The van der Waals surface area contributed by atoms with E-state index in [2.05, 4.69) is 4.72 Å². The molecule has 0 saturated heterocycles. The second-order valence-electron chi connectivity index (χ2n) is 4.12. The average Bonchev–Trinajstić information content (AvgIpc) is 2.48. The number of hydrogen-bond acceptors (Lipinski definition) is 3. The summed E-state index contributed by atoms with van der Waals surface area (Å²) in [5, 5.41) is 0.176. The summed E-state index contributed by atoms with van der Waals surface area (Å²) in [5.74, 6) is -1.72. The first kappa shape index (κ1) is 17.2. The van der Waals surface area contributed by atoms with Crippen LogP contribution >= 0.6 is 34.2 Å². The van der Waals surface area contributed by atoms with E-state index in [0.717, 1.165) is 12.1 Å². The van der Waals surface area contributed by atoms with E-state index in [9.17, 15) is 17.2 Å². The molecule has 9 heteroatoms. The first-order valence-corrected chi connectivity index (χ1v) is 8.70. The van der Waals surface area contributed by atoms with E-state index in [-0.39, 0.29) is 24.9 Å². The standard InChI is InChI=1S/C13H9ClF2INO3S/c1-21-10-5-2-7(14)6-11(10)22(19,20)18-9-4-3-8(15)13(17)12(9)16/h2-6,18H,1H3. The van der Waals surface area contributed by atoms with Crippen LogP contribution in [0.15, 0.2) is 35.2 Å². The molecule has 118 valence electrons. The number of benzene rings is 2. The highest BCUT2D eigenvalue weighted by atomic mass is 127. The van der Waals surface area contributed by atoms with Gasteiger partial charge in [-0.1, -0.05) is 11.6 Å². The van der Waals surface area contributed by atoms with Crippen molar-refractivity contribution in [3.8, 4) is 5.75 Å². The predicted molar refractivity (Wildman–Crippen MR) is 87.9 cm³/mol. The molecule has 0 amide bonds. The van der Waals surface area contributed by atoms with Crippen LogP contribution in [0.4, 0.5) is 14.5 Å². The minimum Gasteiger partial charge on any atom is -0.495 e. The third-order valence-corrected chi connectivity index (χ3v) is 5.31. The molecule has 0 aliphatic carbocycles. The van der Waals surface area contributed by atoms with Crippen LogP contribution in [0, 0.1) is 15.2 Å². The minimum atomic E-state index is -4.16. The SMILES string of the molecule is COc1ccc(Cl)cc1S(=O)(=O)Nc1ccc(F)c(I)c1F. The van der Waals surface area contributed by atoms with Crippen molar-refractivity contribution in [1.82, 2.24) is 0 Å². The van der Waals surface area contributed by atoms with Gasteiger partial charge in [0.05, 0.1) is 16.4 Å². The van der Waals surface area contributed by atoms with Gasteiger partial charge in [-0.05, 0) is 52.9 Å². The Hall–Kier alpha value is -1.13. The van der Waals surface area contributed by atoms with Gasteiger partial charge in [0.15, 0.2) is 5.82 Å². The molecule has 0 bridgehead atoms. The summed E-state index contributed by atoms with van der Waals surface area (Å²) in [7, 11) is -2.86. The molecule has 2 aromatic rings. The van der Waals surface area contributed by atoms with Crippen molar-refractivity contribution >= 4 is 49.9 Å². The van der Waals surface area contributed by atoms with Gasteiger partial charge in [-0.15, -0.1) is 0 Å². The second-order valence-corrected chi connectivity index (χ2v) is 7.29. The van der Waals surface area contributed by atoms with Crippen LogP contribution in [0.25, 0.3) is 0 Å². The van der Waals surface area contributed by atoms with Gasteiger partial charge in [-0.25, -0.2) is 17.2 Å². The normalized spacial score (nSPS) is 11.3. The van der Waals surface area contributed by atoms with Crippen LogP contribution in [-0.4, -0.2) is 15.5 Å². The summed E-state index contributed by atoms with van der Waals surface area (Å²) >= 11 is 7.24. The number of ether oxygens (including phenoxy) is 1. The number of methoxy groups -OCH3 is 1. The third-order valence-electron chi connectivity index (χ3n) is 2.69. The second kappa shape index (κ2) is 6.55. The van der Waals surface area contributed by atoms with Gasteiger partial charge in [-0.3, -0.25) is 4.72 Å². The molecule has 0 aliphatic heterocycles. The summed E-state index contributed by atoms with van der Waals surface area (Å²) in [6.45, 7) is 0. The summed E-state index contributed by atoms with van der Waals surface area (Å²) < 4.78 is 58.6. The number of nitrogens with one attached hydrogen (secondary N) is 1. The molecule has 4 nitrogen and oxygen atoms in total. The molecule has 0 aromatic heterocycles. The van der Waals surface area contributed by atoms with E-state index in [1.54, 1.807) is 0 Å². The molecular weight excluding hydrogens is 451 g/mol. The lowest BCUT2D eigenvalue weighted by atomic mass is 10.3. The monoisotopic (exact) mass is 459 g/mol. The van der Waals surface area contributed by atoms with Gasteiger partial charge in [0.1, 0.15) is 16.5 Å². The van der Waals surface area contributed by atoms with Gasteiger partial charge in [0.25, 0.3) is 10.0 Å². The molecular formula is C13H9ClF2INO3S. The fraction of sp³-hybridized carbons (Fsp3) is 0.0769. The van der Waals surface area contributed by atoms with Crippen molar-refractivity contribution in [2.24, 2.45) is 0 Å². The van der Waals surface area contributed by atoms with Gasteiger partial charge in [0, 0.05) is 5.02 Å². The molecule has 22 heavy (non-hydrogen) atoms.